The summed E-state index contributed by atoms with van der Waals surface area (Å²) in [7, 11) is 0. The number of halogens is 3. The van der Waals surface area contributed by atoms with E-state index in [0.29, 0.717) is 0 Å². The monoisotopic (exact) mass is 162 g/mol. The van der Waals surface area contributed by atoms with Crippen LogP contribution in [0.1, 0.15) is 6.92 Å². The third-order valence-electron chi connectivity index (χ3n) is 0.479. The first-order valence-corrected chi connectivity index (χ1v) is 2.88. The van der Waals surface area contributed by atoms with Gasteiger partial charge >= 0.3 is 0 Å². The fourth-order valence-electron chi connectivity index (χ4n) is 0. The maximum Gasteiger partial charge on any atom is 0.231 e. The van der Waals surface area contributed by atoms with Crippen LogP contribution >= 0.6 is 34.8 Å². The average Bonchev–Trinajstić information content (AvgIpc) is 1.31. The van der Waals surface area contributed by atoms with Crippen molar-refractivity contribution in [3.05, 3.63) is 0 Å². The summed E-state index contributed by atoms with van der Waals surface area (Å²) in [6, 6.07) is 0. The van der Waals surface area contributed by atoms with Crippen LogP contribution in [0, 0.1) is 0 Å². The lowest BCUT2D eigenvalue weighted by Crippen LogP contribution is -2.22. The van der Waals surface area contributed by atoms with E-state index in [1.807, 2.05) is 0 Å². The number of rotatable bonds is 1. The molecule has 0 aliphatic carbocycles. The maximum absolute atomic E-state index is 8.49. The van der Waals surface area contributed by atoms with Crippen LogP contribution in [0.15, 0.2) is 0 Å². The van der Waals surface area contributed by atoms with Crippen LogP contribution in [0.3, 0.4) is 0 Å². The lowest BCUT2D eigenvalue weighted by Gasteiger charge is -2.12. The quantitative estimate of drug-likeness (QED) is 0.584. The fraction of sp³-hybridized carbons (Fsp3) is 1.00. The van der Waals surface area contributed by atoms with E-state index in [-0.39, 0.29) is 0 Å². The third kappa shape index (κ3) is 3.42. The van der Waals surface area contributed by atoms with Crippen molar-refractivity contribution in [2.75, 3.05) is 0 Å². The van der Waals surface area contributed by atoms with E-state index < -0.39 is 9.90 Å². The van der Waals surface area contributed by atoms with Crippen molar-refractivity contribution < 1.29 is 5.11 Å². The highest BCUT2D eigenvalue weighted by Gasteiger charge is 2.25. The Morgan fingerprint density at radius 1 is 1.57 bits per heavy atom. The summed E-state index contributed by atoms with van der Waals surface area (Å²) in [5.41, 5.74) is 0. The highest BCUT2D eigenvalue weighted by atomic mass is 35.5. The van der Waals surface area contributed by atoms with Gasteiger partial charge in [-0.1, -0.05) is 23.2 Å². The minimum absolute atomic E-state index is 0.643. The Kier molecular flexibility index (Phi) is 2.69. The van der Waals surface area contributed by atoms with Crippen LogP contribution in [0.4, 0.5) is 0 Å². The predicted octanol–water partition coefficient (Wildman–Crippen LogP) is 1.74. The van der Waals surface area contributed by atoms with E-state index in [1.54, 1.807) is 0 Å². The molecule has 44 valence electrons. The minimum Gasteiger partial charge on any atom is -0.361 e. The summed E-state index contributed by atoms with van der Waals surface area (Å²) in [6.07, 6.45) is 0. The van der Waals surface area contributed by atoms with Crippen molar-refractivity contribution in [3.8, 4) is 0 Å². The van der Waals surface area contributed by atoms with E-state index in [9.17, 15) is 0 Å². The molecule has 1 atom stereocenters. The van der Waals surface area contributed by atoms with Crippen molar-refractivity contribution in [2.24, 2.45) is 0 Å². The van der Waals surface area contributed by atoms with Crippen molar-refractivity contribution >= 4 is 34.8 Å². The lowest BCUT2D eigenvalue weighted by molar-refractivity contribution is 0.214. The molecular weight excluding hydrogens is 158 g/mol. The number of aliphatic hydroxyl groups is 1. The normalized spacial score (nSPS) is 16.7. The maximum atomic E-state index is 8.49. The SMILES string of the molecule is CC(Cl)C(O)(Cl)Cl. The smallest absolute Gasteiger partial charge is 0.231 e. The van der Waals surface area contributed by atoms with Gasteiger partial charge in [-0.15, -0.1) is 11.6 Å². The Hall–Kier alpha value is 0.830. The van der Waals surface area contributed by atoms with Gasteiger partial charge in [-0.3, -0.25) is 0 Å². The molecule has 0 rings (SSSR count). The Morgan fingerprint density at radius 3 is 1.71 bits per heavy atom. The van der Waals surface area contributed by atoms with Crippen LogP contribution in [0.5, 0.6) is 0 Å². The van der Waals surface area contributed by atoms with Gasteiger partial charge in [-0.25, -0.2) is 0 Å². The van der Waals surface area contributed by atoms with Gasteiger partial charge in [-0.2, -0.15) is 0 Å². The molecule has 0 aromatic rings. The topological polar surface area (TPSA) is 20.2 Å². The zero-order chi connectivity index (χ0) is 6.08. The summed E-state index contributed by atoms with van der Waals surface area (Å²) in [5, 5.41) is 7.85. The first-order chi connectivity index (χ1) is 2.94. The van der Waals surface area contributed by atoms with E-state index in [2.05, 4.69) is 0 Å². The van der Waals surface area contributed by atoms with Crippen molar-refractivity contribution in [1.82, 2.24) is 0 Å². The molecule has 7 heavy (non-hydrogen) atoms. The average molecular weight is 163 g/mol. The van der Waals surface area contributed by atoms with Crippen LogP contribution in [-0.2, 0) is 0 Å². The third-order valence-corrected chi connectivity index (χ3v) is 1.67. The molecule has 0 aromatic carbocycles. The van der Waals surface area contributed by atoms with Gasteiger partial charge < -0.3 is 5.11 Å². The molecule has 1 nitrogen and oxygen atoms in total. The second-order valence-electron chi connectivity index (χ2n) is 1.20. The van der Waals surface area contributed by atoms with Gasteiger partial charge in [0, 0.05) is 0 Å². The molecule has 1 N–H and O–H groups in total. The zero-order valence-corrected chi connectivity index (χ0v) is 5.93. The number of hydrogen-bond acceptors (Lipinski definition) is 1. The van der Waals surface area contributed by atoms with E-state index in [4.69, 9.17) is 39.9 Å². The number of alkyl halides is 3. The minimum atomic E-state index is -1.79. The second kappa shape index (κ2) is 2.40. The fourth-order valence-corrected chi connectivity index (χ4v) is 0. The highest BCUT2D eigenvalue weighted by Crippen LogP contribution is 2.24. The first-order valence-electron chi connectivity index (χ1n) is 1.69. The Bertz CT molecular complexity index is 55.7. The molecule has 0 saturated carbocycles. The standard InChI is InChI=1S/C3H5Cl3O/c1-2(4)3(5,6)7/h2,7H,1H3. The molecular formula is C3H5Cl3O. The lowest BCUT2D eigenvalue weighted by atomic mass is 10.5. The second-order valence-corrected chi connectivity index (χ2v) is 3.20. The van der Waals surface area contributed by atoms with Crippen molar-refractivity contribution in [2.45, 2.75) is 16.8 Å². The molecule has 0 aromatic heterocycles. The van der Waals surface area contributed by atoms with Crippen molar-refractivity contribution in [3.63, 3.8) is 0 Å². The summed E-state index contributed by atoms with van der Waals surface area (Å²) in [6.45, 7) is 1.50. The van der Waals surface area contributed by atoms with Gasteiger partial charge in [0.15, 0.2) is 0 Å². The largest absolute Gasteiger partial charge is 0.361 e. The Labute approximate surface area is 57.2 Å². The van der Waals surface area contributed by atoms with Gasteiger partial charge in [0.2, 0.25) is 4.52 Å². The molecule has 0 radical (unpaired) electrons. The van der Waals surface area contributed by atoms with Crippen molar-refractivity contribution in [1.29, 1.82) is 0 Å². The van der Waals surface area contributed by atoms with Crippen LogP contribution < -0.4 is 0 Å². The molecule has 0 aliphatic heterocycles. The van der Waals surface area contributed by atoms with Crippen LogP contribution in [-0.4, -0.2) is 15.0 Å². The zero-order valence-electron chi connectivity index (χ0n) is 3.66. The van der Waals surface area contributed by atoms with Crippen LogP contribution in [0.25, 0.3) is 0 Å². The molecule has 0 heterocycles. The molecule has 0 bridgehead atoms. The van der Waals surface area contributed by atoms with Gasteiger partial charge in [0.1, 0.15) is 0 Å². The predicted molar refractivity (Wildman–Crippen MR) is 32.0 cm³/mol. The van der Waals surface area contributed by atoms with Gasteiger partial charge in [0.05, 0.1) is 5.38 Å². The van der Waals surface area contributed by atoms with Crippen LogP contribution in [0.2, 0.25) is 0 Å². The summed E-state index contributed by atoms with van der Waals surface area (Å²) in [5.74, 6) is 0. The van der Waals surface area contributed by atoms with E-state index in [0.717, 1.165) is 0 Å². The molecule has 0 fully saturated rings. The van der Waals surface area contributed by atoms with Gasteiger partial charge in [0.25, 0.3) is 0 Å². The Balaban J connectivity index is 3.54. The van der Waals surface area contributed by atoms with E-state index >= 15 is 0 Å². The summed E-state index contributed by atoms with van der Waals surface area (Å²) in [4.78, 5) is 0. The van der Waals surface area contributed by atoms with Gasteiger partial charge in [-0.05, 0) is 6.92 Å². The molecule has 0 aliphatic rings. The first kappa shape index (κ1) is 7.83. The highest BCUT2D eigenvalue weighted by molar-refractivity contribution is 6.50. The molecule has 4 heteroatoms. The number of hydrogen-bond donors (Lipinski definition) is 1. The molecule has 1 unspecified atom stereocenters. The summed E-state index contributed by atoms with van der Waals surface area (Å²) < 4.78 is -1.79. The summed E-state index contributed by atoms with van der Waals surface area (Å²) >= 11 is 15.4. The molecule has 0 saturated heterocycles. The molecule has 0 amide bonds. The molecule has 0 spiro atoms. The Morgan fingerprint density at radius 2 is 1.71 bits per heavy atom. The van der Waals surface area contributed by atoms with E-state index in [1.165, 1.54) is 6.92 Å².